The second kappa shape index (κ2) is 3.86. The van der Waals surface area contributed by atoms with Crippen molar-refractivity contribution in [3.8, 4) is 5.75 Å². The molecule has 3 N–H and O–H groups in total. The molecule has 4 nitrogen and oxygen atoms in total. The van der Waals surface area contributed by atoms with E-state index in [1.807, 2.05) is 0 Å². The SMILES string of the molecule is Cc1c(Cl)ccc(O)c1C(O)C(=O)O. The third-order valence-electron chi connectivity index (χ3n) is 1.93. The predicted molar refractivity (Wildman–Crippen MR) is 50.4 cm³/mol. The van der Waals surface area contributed by atoms with Crippen LogP contribution in [0.1, 0.15) is 17.2 Å². The van der Waals surface area contributed by atoms with Gasteiger partial charge in [-0.25, -0.2) is 4.79 Å². The van der Waals surface area contributed by atoms with Gasteiger partial charge in [-0.15, -0.1) is 0 Å². The molecule has 1 aromatic rings. The average Bonchev–Trinajstić information content (AvgIpc) is 2.12. The predicted octanol–water partition coefficient (Wildman–Crippen LogP) is 1.47. The van der Waals surface area contributed by atoms with Crippen LogP contribution in [0.5, 0.6) is 5.75 Å². The van der Waals surface area contributed by atoms with E-state index >= 15 is 0 Å². The van der Waals surface area contributed by atoms with Crippen LogP contribution in [0.15, 0.2) is 12.1 Å². The number of phenolic OH excluding ortho intramolecular Hbond substituents is 1. The second-order valence-electron chi connectivity index (χ2n) is 2.85. The second-order valence-corrected chi connectivity index (χ2v) is 3.25. The summed E-state index contributed by atoms with van der Waals surface area (Å²) in [7, 11) is 0. The lowest BCUT2D eigenvalue weighted by Gasteiger charge is -2.12. The maximum absolute atomic E-state index is 10.5. The third-order valence-corrected chi connectivity index (χ3v) is 2.34. The summed E-state index contributed by atoms with van der Waals surface area (Å²) in [6.07, 6.45) is -1.76. The van der Waals surface area contributed by atoms with Crippen LogP contribution in [0.25, 0.3) is 0 Å². The number of benzene rings is 1. The first-order valence-corrected chi connectivity index (χ1v) is 4.21. The van der Waals surface area contributed by atoms with Gasteiger partial charge in [0.25, 0.3) is 0 Å². The molecule has 0 aliphatic rings. The Bertz CT molecular complexity index is 375. The van der Waals surface area contributed by atoms with E-state index in [2.05, 4.69) is 0 Å². The molecule has 1 unspecified atom stereocenters. The van der Waals surface area contributed by atoms with Gasteiger partial charge in [0.15, 0.2) is 6.10 Å². The van der Waals surface area contributed by atoms with Gasteiger partial charge in [0.05, 0.1) is 0 Å². The van der Waals surface area contributed by atoms with Crippen molar-refractivity contribution in [2.75, 3.05) is 0 Å². The van der Waals surface area contributed by atoms with E-state index in [1.54, 1.807) is 0 Å². The molecule has 1 atom stereocenters. The summed E-state index contributed by atoms with van der Waals surface area (Å²) >= 11 is 5.72. The van der Waals surface area contributed by atoms with E-state index < -0.39 is 12.1 Å². The average molecular weight is 217 g/mol. The van der Waals surface area contributed by atoms with Crippen molar-refractivity contribution >= 4 is 17.6 Å². The lowest BCUT2D eigenvalue weighted by Crippen LogP contribution is -2.12. The molecule has 0 aliphatic heterocycles. The minimum atomic E-state index is -1.76. The highest BCUT2D eigenvalue weighted by Gasteiger charge is 2.22. The van der Waals surface area contributed by atoms with Gasteiger partial charge in [-0.05, 0) is 24.6 Å². The highest BCUT2D eigenvalue weighted by molar-refractivity contribution is 6.31. The molecule has 0 aromatic heterocycles. The van der Waals surface area contributed by atoms with E-state index in [1.165, 1.54) is 19.1 Å². The number of hydrogen-bond acceptors (Lipinski definition) is 3. The van der Waals surface area contributed by atoms with Crippen molar-refractivity contribution in [1.82, 2.24) is 0 Å². The number of aliphatic hydroxyl groups is 1. The van der Waals surface area contributed by atoms with Crippen LogP contribution in [0.4, 0.5) is 0 Å². The van der Waals surface area contributed by atoms with Crippen LogP contribution in [0.2, 0.25) is 5.02 Å². The van der Waals surface area contributed by atoms with Gasteiger partial charge in [-0.3, -0.25) is 0 Å². The van der Waals surface area contributed by atoms with Gasteiger partial charge < -0.3 is 15.3 Å². The fraction of sp³-hybridized carbons (Fsp3) is 0.222. The first-order chi connectivity index (χ1) is 6.45. The van der Waals surface area contributed by atoms with Gasteiger partial charge >= 0.3 is 5.97 Å². The number of aliphatic hydroxyl groups excluding tert-OH is 1. The molecule has 14 heavy (non-hydrogen) atoms. The first-order valence-electron chi connectivity index (χ1n) is 3.84. The van der Waals surface area contributed by atoms with Gasteiger partial charge in [0.1, 0.15) is 5.75 Å². The topological polar surface area (TPSA) is 77.8 Å². The van der Waals surface area contributed by atoms with Gasteiger partial charge in [-0.2, -0.15) is 0 Å². The maximum Gasteiger partial charge on any atom is 0.337 e. The summed E-state index contributed by atoms with van der Waals surface area (Å²) in [5, 5.41) is 27.5. The molecule has 0 bridgehead atoms. The Balaban J connectivity index is 3.32. The number of aliphatic carboxylic acids is 1. The minimum Gasteiger partial charge on any atom is -0.508 e. The minimum absolute atomic E-state index is 0.0648. The molecule has 0 spiro atoms. The van der Waals surface area contributed by atoms with Crippen LogP contribution >= 0.6 is 11.6 Å². The highest BCUT2D eigenvalue weighted by Crippen LogP contribution is 2.32. The Hall–Kier alpha value is -1.26. The van der Waals surface area contributed by atoms with Gasteiger partial charge in [0, 0.05) is 10.6 Å². The molecule has 0 saturated carbocycles. The van der Waals surface area contributed by atoms with Crippen LogP contribution in [0.3, 0.4) is 0 Å². The molecule has 0 amide bonds. The summed E-state index contributed by atoms with van der Waals surface area (Å²) in [6.45, 7) is 1.53. The molecule has 1 aromatic carbocycles. The van der Waals surface area contributed by atoms with Gasteiger partial charge in [-0.1, -0.05) is 11.6 Å². The van der Waals surface area contributed by atoms with E-state index in [0.717, 1.165) is 0 Å². The Morgan fingerprint density at radius 1 is 1.50 bits per heavy atom. The number of carboxylic acid groups (broad SMARTS) is 1. The fourth-order valence-corrected chi connectivity index (χ4v) is 1.32. The quantitative estimate of drug-likeness (QED) is 0.700. The first kappa shape index (κ1) is 10.8. The molecule has 5 heteroatoms. The standard InChI is InChI=1S/C9H9ClO4/c1-4-5(10)2-3-6(11)7(4)8(12)9(13)14/h2-3,8,11-12H,1H3,(H,13,14). The molecular weight excluding hydrogens is 208 g/mol. The van der Waals surface area contributed by atoms with Crippen LogP contribution < -0.4 is 0 Å². The monoisotopic (exact) mass is 216 g/mol. The van der Waals surface area contributed by atoms with E-state index in [-0.39, 0.29) is 11.3 Å². The third kappa shape index (κ3) is 1.81. The van der Waals surface area contributed by atoms with Crippen LogP contribution in [0, 0.1) is 6.92 Å². The summed E-state index contributed by atoms with van der Waals surface area (Å²) in [5.41, 5.74) is 0.298. The van der Waals surface area contributed by atoms with Crippen molar-refractivity contribution in [2.24, 2.45) is 0 Å². The highest BCUT2D eigenvalue weighted by atomic mass is 35.5. The van der Waals surface area contributed by atoms with Crippen molar-refractivity contribution in [3.05, 3.63) is 28.3 Å². The Morgan fingerprint density at radius 2 is 2.07 bits per heavy atom. The van der Waals surface area contributed by atoms with E-state index in [4.69, 9.17) is 16.7 Å². The van der Waals surface area contributed by atoms with Crippen LogP contribution in [-0.2, 0) is 4.79 Å². The summed E-state index contributed by atoms with van der Waals surface area (Å²) in [5.74, 6) is -1.70. The zero-order valence-electron chi connectivity index (χ0n) is 7.36. The Morgan fingerprint density at radius 3 is 2.57 bits per heavy atom. The molecule has 1 rings (SSSR count). The zero-order chi connectivity index (χ0) is 10.9. The number of carboxylic acids is 1. The Labute approximate surface area is 85.4 Å². The summed E-state index contributed by atoms with van der Waals surface area (Å²) in [4.78, 5) is 10.5. The number of hydrogen-bond donors (Lipinski definition) is 3. The van der Waals surface area contributed by atoms with Crippen molar-refractivity contribution in [1.29, 1.82) is 0 Å². The van der Waals surface area contributed by atoms with Crippen LogP contribution in [-0.4, -0.2) is 21.3 Å². The summed E-state index contributed by atoms with van der Waals surface area (Å²) < 4.78 is 0. The lowest BCUT2D eigenvalue weighted by atomic mass is 10.0. The smallest absolute Gasteiger partial charge is 0.337 e. The molecule has 0 aliphatic carbocycles. The number of phenols is 1. The van der Waals surface area contributed by atoms with Gasteiger partial charge in [0.2, 0.25) is 0 Å². The number of rotatable bonds is 2. The number of carbonyl (C=O) groups is 1. The largest absolute Gasteiger partial charge is 0.508 e. The maximum atomic E-state index is 10.5. The summed E-state index contributed by atoms with van der Waals surface area (Å²) in [6, 6.07) is 2.68. The van der Waals surface area contributed by atoms with Crippen molar-refractivity contribution < 1.29 is 20.1 Å². The fourth-order valence-electron chi connectivity index (χ4n) is 1.16. The lowest BCUT2D eigenvalue weighted by molar-refractivity contribution is -0.147. The normalized spacial score (nSPS) is 12.5. The molecule has 0 heterocycles. The number of halogens is 1. The number of aromatic hydroxyl groups is 1. The molecule has 0 radical (unpaired) electrons. The molecule has 0 saturated heterocycles. The van der Waals surface area contributed by atoms with E-state index in [0.29, 0.717) is 10.6 Å². The van der Waals surface area contributed by atoms with Crippen molar-refractivity contribution in [2.45, 2.75) is 13.0 Å². The Kier molecular flexibility index (Phi) is 2.98. The van der Waals surface area contributed by atoms with Crippen molar-refractivity contribution in [3.63, 3.8) is 0 Å². The zero-order valence-corrected chi connectivity index (χ0v) is 8.12. The van der Waals surface area contributed by atoms with E-state index in [9.17, 15) is 15.0 Å². The molecule has 76 valence electrons. The molecular formula is C9H9ClO4. The molecule has 0 fully saturated rings.